The molecule has 3 rings (SSSR count). The summed E-state index contributed by atoms with van der Waals surface area (Å²) in [5, 5.41) is 18.2. The van der Waals surface area contributed by atoms with Gasteiger partial charge >= 0.3 is 5.97 Å². The predicted octanol–water partition coefficient (Wildman–Crippen LogP) is 2.84. The minimum atomic E-state index is -4.09. The SMILES string of the molecule is CON(C)S(=O)(=O)c1cc(C(=O)OCc2nnc(-c3ccc([N+](=O)[O-])cc3)o2)ccc1Cl. The van der Waals surface area contributed by atoms with Gasteiger partial charge in [0.2, 0.25) is 5.89 Å². The number of halogens is 1. The van der Waals surface area contributed by atoms with E-state index >= 15 is 0 Å². The normalized spacial score (nSPS) is 11.5. The molecule has 0 aliphatic rings. The Morgan fingerprint density at radius 2 is 1.91 bits per heavy atom. The Hall–Kier alpha value is -3.39. The molecule has 0 N–H and O–H groups in total. The summed E-state index contributed by atoms with van der Waals surface area (Å²) in [5.74, 6) is -0.811. The molecule has 14 heteroatoms. The topological polar surface area (TPSA) is 155 Å². The second-order valence-electron chi connectivity index (χ2n) is 6.12. The third kappa shape index (κ3) is 4.91. The Balaban J connectivity index is 1.72. The molecule has 1 aromatic heterocycles. The number of carbonyl (C=O) groups is 1. The van der Waals surface area contributed by atoms with Crippen LogP contribution in [0.1, 0.15) is 16.2 Å². The Kier molecular flexibility index (Phi) is 6.84. The van der Waals surface area contributed by atoms with Gasteiger partial charge in [0.25, 0.3) is 21.6 Å². The van der Waals surface area contributed by atoms with Crippen LogP contribution < -0.4 is 0 Å². The van der Waals surface area contributed by atoms with E-state index in [-0.39, 0.29) is 39.6 Å². The molecule has 0 radical (unpaired) electrons. The van der Waals surface area contributed by atoms with Gasteiger partial charge in [-0.25, -0.2) is 13.2 Å². The highest BCUT2D eigenvalue weighted by Crippen LogP contribution is 2.26. The molecule has 0 spiro atoms. The number of benzene rings is 2. The van der Waals surface area contributed by atoms with Crippen LogP contribution in [0.25, 0.3) is 11.5 Å². The lowest BCUT2D eigenvalue weighted by molar-refractivity contribution is -0.384. The summed E-state index contributed by atoms with van der Waals surface area (Å²) in [6, 6.07) is 9.05. The van der Waals surface area contributed by atoms with Crippen molar-refractivity contribution in [1.82, 2.24) is 14.7 Å². The maximum absolute atomic E-state index is 12.4. The highest BCUT2D eigenvalue weighted by Gasteiger charge is 2.25. The number of esters is 1. The number of hydroxylamine groups is 1. The highest BCUT2D eigenvalue weighted by molar-refractivity contribution is 7.89. The fourth-order valence-electron chi connectivity index (χ4n) is 2.43. The molecule has 0 atom stereocenters. The fourth-order valence-corrected chi connectivity index (χ4v) is 3.90. The first-order valence-corrected chi connectivity index (χ1v) is 10.5. The number of rotatable bonds is 8. The molecule has 168 valence electrons. The van der Waals surface area contributed by atoms with Crippen LogP contribution in [0.2, 0.25) is 5.02 Å². The van der Waals surface area contributed by atoms with Crippen LogP contribution in [-0.4, -0.2) is 48.1 Å². The first-order chi connectivity index (χ1) is 15.1. The fraction of sp³-hybridized carbons (Fsp3) is 0.167. The lowest BCUT2D eigenvalue weighted by Crippen LogP contribution is -2.26. The van der Waals surface area contributed by atoms with Gasteiger partial charge in [0.15, 0.2) is 6.61 Å². The van der Waals surface area contributed by atoms with E-state index in [4.69, 9.17) is 25.6 Å². The third-order valence-electron chi connectivity index (χ3n) is 4.16. The summed E-state index contributed by atoms with van der Waals surface area (Å²) in [5.41, 5.74) is 0.270. The van der Waals surface area contributed by atoms with Crippen molar-refractivity contribution >= 4 is 33.3 Å². The van der Waals surface area contributed by atoms with E-state index in [0.717, 1.165) is 6.07 Å². The lowest BCUT2D eigenvalue weighted by Gasteiger charge is -2.15. The molecular formula is C18H15ClN4O8S. The van der Waals surface area contributed by atoms with Crippen LogP contribution in [0.15, 0.2) is 51.8 Å². The van der Waals surface area contributed by atoms with Crippen molar-refractivity contribution in [2.45, 2.75) is 11.5 Å². The van der Waals surface area contributed by atoms with Crippen molar-refractivity contribution < 1.29 is 32.1 Å². The Labute approximate surface area is 186 Å². The molecule has 0 fully saturated rings. The van der Waals surface area contributed by atoms with Crippen LogP contribution in [0.5, 0.6) is 0 Å². The first-order valence-electron chi connectivity index (χ1n) is 8.70. The van der Waals surface area contributed by atoms with Gasteiger partial charge in [-0.1, -0.05) is 16.1 Å². The minimum Gasteiger partial charge on any atom is -0.452 e. The second kappa shape index (κ2) is 9.40. The van der Waals surface area contributed by atoms with Gasteiger partial charge in [-0.3, -0.25) is 15.0 Å². The average molecular weight is 483 g/mol. The number of aromatic nitrogens is 2. The number of hydrogen-bond donors (Lipinski definition) is 0. The smallest absolute Gasteiger partial charge is 0.338 e. The van der Waals surface area contributed by atoms with Gasteiger partial charge in [-0.2, -0.15) is 0 Å². The first kappa shape index (κ1) is 23.3. The van der Waals surface area contributed by atoms with Crippen molar-refractivity contribution in [2.24, 2.45) is 0 Å². The van der Waals surface area contributed by atoms with Crippen LogP contribution in [-0.2, 0) is 26.2 Å². The molecule has 0 saturated carbocycles. The van der Waals surface area contributed by atoms with Gasteiger partial charge in [-0.05, 0) is 30.3 Å². The summed E-state index contributed by atoms with van der Waals surface area (Å²) in [7, 11) is -1.75. The molecule has 12 nitrogen and oxygen atoms in total. The van der Waals surface area contributed by atoms with E-state index in [9.17, 15) is 23.3 Å². The molecular weight excluding hydrogens is 468 g/mol. The third-order valence-corrected chi connectivity index (χ3v) is 6.32. The number of nitro benzene ring substituents is 1. The Bertz CT molecular complexity index is 1260. The molecule has 0 bridgehead atoms. The number of ether oxygens (including phenoxy) is 1. The summed E-state index contributed by atoms with van der Waals surface area (Å²) in [4.78, 5) is 26.9. The minimum absolute atomic E-state index is 0.0346. The maximum Gasteiger partial charge on any atom is 0.338 e. The molecule has 1 heterocycles. The summed E-state index contributed by atoms with van der Waals surface area (Å²) in [6.45, 7) is -0.387. The van der Waals surface area contributed by atoms with Crippen LogP contribution >= 0.6 is 11.6 Å². The van der Waals surface area contributed by atoms with Crippen molar-refractivity contribution in [3.63, 3.8) is 0 Å². The van der Waals surface area contributed by atoms with Crippen LogP contribution in [0.4, 0.5) is 5.69 Å². The quantitative estimate of drug-likeness (QED) is 0.265. The summed E-state index contributed by atoms with van der Waals surface area (Å²) in [6.07, 6.45) is 0. The van der Waals surface area contributed by atoms with E-state index in [2.05, 4.69) is 10.2 Å². The molecule has 2 aromatic carbocycles. The molecule has 0 amide bonds. The Morgan fingerprint density at radius 3 is 2.53 bits per heavy atom. The summed E-state index contributed by atoms with van der Waals surface area (Å²) >= 11 is 5.96. The monoisotopic (exact) mass is 482 g/mol. The van der Waals surface area contributed by atoms with Crippen LogP contribution in [0, 0.1) is 10.1 Å². The molecule has 32 heavy (non-hydrogen) atoms. The zero-order valence-corrected chi connectivity index (χ0v) is 18.2. The molecule has 0 aliphatic carbocycles. The number of sulfonamides is 1. The van der Waals surface area contributed by atoms with Gasteiger partial charge in [-0.15, -0.1) is 10.2 Å². The number of hydrogen-bond acceptors (Lipinski definition) is 10. The van der Waals surface area contributed by atoms with E-state index < -0.39 is 20.9 Å². The highest BCUT2D eigenvalue weighted by atomic mass is 35.5. The molecule has 3 aromatic rings. The summed E-state index contributed by atoms with van der Waals surface area (Å²) < 4.78 is 35.9. The number of non-ortho nitro benzene ring substituents is 1. The largest absolute Gasteiger partial charge is 0.452 e. The van der Waals surface area contributed by atoms with Crippen molar-refractivity contribution in [3.05, 3.63) is 69.1 Å². The van der Waals surface area contributed by atoms with Gasteiger partial charge in [0.1, 0.15) is 4.90 Å². The molecule has 0 saturated heterocycles. The van der Waals surface area contributed by atoms with Gasteiger partial charge < -0.3 is 9.15 Å². The zero-order chi connectivity index (χ0) is 23.5. The van der Waals surface area contributed by atoms with E-state index in [1.165, 1.54) is 50.6 Å². The van der Waals surface area contributed by atoms with E-state index in [1.54, 1.807) is 0 Å². The molecule has 0 unspecified atom stereocenters. The van der Waals surface area contributed by atoms with Crippen molar-refractivity contribution in [3.8, 4) is 11.5 Å². The van der Waals surface area contributed by atoms with Crippen LogP contribution in [0.3, 0.4) is 0 Å². The average Bonchev–Trinajstić information content (AvgIpc) is 3.26. The second-order valence-corrected chi connectivity index (χ2v) is 8.43. The number of nitrogens with zero attached hydrogens (tertiary/aromatic N) is 4. The zero-order valence-electron chi connectivity index (χ0n) is 16.6. The van der Waals surface area contributed by atoms with E-state index in [0.29, 0.717) is 10.0 Å². The van der Waals surface area contributed by atoms with Crippen molar-refractivity contribution in [2.75, 3.05) is 14.2 Å². The Morgan fingerprint density at radius 1 is 1.22 bits per heavy atom. The predicted molar refractivity (Wildman–Crippen MR) is 109 cm³/mol. The number of nitro groups is 1. The van der Waals surface area contributed by atoms with E-state index in [1.807, 2.05) is 0 Å². The number of carbonyl (C=O) groups excluding carboxylic acids is 1. The molecule has 0 aliphatic heterocycles. The van der Waals surface area contributed by atoms with Gasteiger partial charge in [0, 0.05) is 24.7 Å². The standard InChI is InChI=1S/C18H15ClN4O8S/c1-22(29-2)32(27,28)15-9-12(5-8-14(15)19)18(24)30-10-16-20-21-17(31-16)11-3-6-13(7-4-11)23(25)26/h3-9H,10H2,1-2H3. The van der Waals surface area contributed by atoms with Crippen molar-refractivity contribution in [1.29, 1.82) is 0 Å². The van der Waals surface area contributed by atoms with Gasteiger partial charge in [0.05, 0.1) is 22.6 Å². The maximum atomic E-state index is 12.4. The lowest BCUT2D eigenvalue weighted by atomic mass is 10.2.